The third kappa shape index (κ3) is 2.91. The van der Waals surface area contributed by atoms with E-state index in [1.165, 1.54) is 6.07 Å². The first-order valence-corrected chi connectivity index (χ1v) is 6.57. The van der Waals surface area contributed by atoms with Gasteiger partial charge in [-0.15, -0.1) is 0 Å². The topological polar surface area (TPSA) is 59.2 Å². The Bertz CT molecular complexity index is 689. The van der Waals surface area contributed by atoms with E-state index in [2.05, 4.69) is 4.98 Å². The molecule has 0 aliphatic carbocycles. The summed E-state index contributed by atoms with van der Waals surface area (Å²) in [4.78, 5) is 26.3. The van der Waals surface area contributed by atoms with E-state index in [9.17, 15) is 9.59 Å². The number of esters is 1. The van der Waals surface area contributed by atoms with E-state index >= 15 is 0 Å². The second kappa shape index (κ2) is 5.92. The fraction of sp³-hybridized carbons (Fsp3) is 0.200. The summed E-state index contributed by atoms with van der Waals surface area (Å²) < 4.78 is 5.05. The van der Waals surface area contributed by atoms with Crippen LogP contribution in [0.1, 0.15) is 23.0 Å². The number of pyridine rings is 1. The average molecular weight is 292 g/mol. The lowest BCUT2D eigenvalue weighted by Gasteiger charge is -2.11. The molecule has 0 spiro atoms. The van der Waals surface area contributed by atoms with Gasteiger partial charge < -0.3 is 9.72 Å². The van der Waals surface area contributed by atoms with E-state index in [-0.39, 0.29) is 12.2 Å². The number of aromatic nitrogens is 1. The molecule has 1 N–H and O–H groups in total. The number of aromatic amines is 1. The number of hydrogen-bond acceptors (Lipinski definition) is 3. The number of rotatable bonds is 3. The van der Waals surface area contributed by atoms with Gasteiger partial charge in [0, 0.05) is 22.3 Å². The maximum Gasteiger partial charge on any atom is 0.340 e. The Hall–Kier alpha value is -2.07. The van der Waals surface area contributed by atoms with Crippen molar-refractivity contribution < 1.29 is 9.53 Å². The SMILES string of the molecule is CCOC(=O)c1c(-c2ccc(Cl)cc2)cc(=O)[nH]c1C. The molecule has 5 heteroatoms. The lowest BCUT2D eigenvalue weighted by atomic mass is 9.99. The Kier molecular flexibility index (Phi) is 4.25. The summed E-state index contributed by atoms with van der Waals surface area (Å²) >= 11 is 5.85. The summed E-state index contributed by atoms with van der Waals surface area (Å²) in [6, 6.07) is 8.34. The highest BCUT2D eigenvalue weighted by Crippen LogP contribution is 2.26. The summed E-state index contributed by atoms with van der Waals surface area (Å²) in [7, 11) is 0. The minimum Gasteiger partial charge on any atom is -0.462 e. The number of nitrogens with one attached hydrogen (secondary N) is 1. The first-order valence-electron chi connectivity index (χ1n) is 6.20. The van der Waals surface area contributed by atoms with E-state index in [1.807, 2.05) is 0 Å². The Morgan fingerprint density at radius 3 is 2.55 bits per heavy atom. The molecule has 2 rings (SSSR count). The molecular formula is C15H14ClNO3. The predicted molar refractivity (Wildman–Crippen MR) is 78.2 cm³/mol. The zero-order valence-electron chi connectivity index (χ0n) is 11.2. The second-order valence-electron chi connectivity index (χ2n) is 4.27. The molecule has 0 aliphatic heterocycles. The van der Waals surface area contributed by atoms with Gasteiger partial charge in [0.15, 0.2) is 0 Å². The van der Waals surface area contributed by atoms with Gasteiger partial charge in [-0.3, -0.25) is 4.79 Å². The van der Waals surface area contributed by atoms with Crippen molar-refractivity contribution in [2.45, 2.75) is 13.8 Å². The summed E-state index contributed by atoms with van der Waals surface area (Å²) in [6.45, 7) is 3.69. The van der Waals surface area contributed by atoms with Crippen LogP contribution < -0.4 is 5.56 Å². The van der Waals surface area contributed by atoms with Crippen molar-refractivity contribution in [3.63, 3.8) is 0 Å². The van der Waals surface area contributed by atoms with Crippen molar-refractivity contribution in [2.75, 3.05) is 6.61 Å². The monoisotopic (exact) mass is 291 g/mol. The lowest BCUT2D eigenvalue weighted by molar-refractivity contribution is 0.0526. The molecule has 0 saturated heterocycles. The third-order valence-corrected chi connectivity index (χ3v) is 3.12. The summed E-state index contributed by atoms with van der Waals surface area (Å²) in [6.07, 6.45) is 0. The molecule has 0 aliphatic rings. The first-order chi connectivity index (χ1) is 9.52. The van der Waals surface area contributed by atoms with E-state index in [0.29, 0.717) is 21.8 Å². The number of aryl methyl sites for hydroxylation is 1. The fourth-order valence-corrected chi connectivity index (χ4v) is 2.14. The average Bonchev–Trinajstić information content (AvgIpc) is 2.38. The quantitative estimate of drug-likeness (QED) is 0.884. The Morgan fingerprint density at radius 1 is 1.30 bits per heavy atom. The molecule has 0 radical (unpaired) electrons. The van der Waals surface area contributed by atoms with Crippen LogP contribution in [0, 0.1) is 6.92 Å². The van der Waals surface area contributed by atoms with Crippen molar-refractivity contribution in [3.8, 4) is 11.1 Å². The van der Waals surface area contributed by atoms with E-state index < -0.39 is 5.97 Å². The van der Waals surface area contributed by atoms with Crippen LogP contribution in [0.2, 0.25) is 5.02 Å². The largest absolute Gasteiger partial charge is 0.462 e. The number of benzene rings is 1. The highest BCUT2D eigenvalue weighted by molar-refractivity contribution is 6.30. The number of carbonyl (C=O) groups excluding carboxylic acids is 1. The van der Waals surface area contributed by atoms with Crippen molar-refractivity contribution in [2.24, 2.45) is 0 Å². The van der Waals surface area contributed by atoms with Crippen molar-refractivity contribution >= 4 is 17.6 Å². The summed E-state index contributed by atoms with van der Waals surface area (Å²) in [5.74, 6) is -0.453. The van der Waals surface area contributed by atoms with Gasteiger partial charge >= 0.3 is 5.97 Å². The van der Waals surface area contributed by atoms with Gasteiger partial charge in [-0.05, 0) is 31.5 Å². The minimum absolute atomic E-state index is 0.263. The first kappa shape index (κ1) is 14.3. The molecule has 0 atom stereocenters. The van der Waals surface area contributed by atoms with Gasteiger partial charge in [0.25, 0.3) is 0 Å². The maximum absolute atomic E-state index is 12.1. The number of H-pyrrole nitrogens is 1. The highest BCUT2D eigenvalue weighted by Gasteiger charge is 2.18. The van der Waals surface area contributed by atoms with Crippen LogP contribution in [0.5, 0.6) is 0 Å². The van der Waals surface area contributed by atoms with Crippen LogP contribution in [-0.4, -0.2) is 17.6 Å². The predicted octanol–water partition coefficient (Wildman–Crippen LogP) is 3.18. The van der Waals surface area contributed by atoms with E-state index in [4.69, 9.17) is 16.3 Å². The molecule has 0 amide bonds. The molecule has 1 heterocycles. The third-order valence-electron chi connectivity index (χ3n) is 2.87. The van der Waals surface area contributed by atoms with Crippen molar-refractivity contribution in [1.29, 1.82) is 0 Å². The zero-order valence-corrected chi connectivity index (χ0v) is 12.0. The Morgan fingerprint density at radius 2 is 1.95 bits per heavy atom. The Labute approximate surface area is 121 Å². The second-order valence-corrected chi connectivity index (χ2v) is 4.71. The maximum atomic E-state index is 12.1. The van der Waals surface area contributed by atoms with Crippen LogP contribution >= 0.6 is 11.6 Å². The van der Waals surface area contributed by atoms with Crippen LogP contribution in [0.3, 0.4) is 0 Å². The Balaban J connectivity index is 2.64. The normalized spacial score (nSPS) is 10.3. The van der Waals surface area contributed by atoms with Gasteiger partial charge in [-0.25, -0.2) is 4.79 Å². The van der Waals surface area contributed by atoms with E-state index in [1.54, 1.807) is 38.1 Å². The van der Waals surface area contributed by atoms with Crippen molar-refractivity contribution in [1.82, 2.24) is 4.98 Å². The number of hydrogen-bond donors (Lipinski definition) is 1. The van der Waals surface area contributed by atoms with Crippen LogP contribution in [0.25, 0.3) is 11.1 Å². The molecule has 2 aromatic rings. The fourth-order valence-electron chi connectivity index (χ4n) is 2.01. The molecule has 1 aromatic carbocycles. The molecule has 0 fully saturated rings. The molecule has 0 bridgehead atoms. The molecule has 0 saturated carbocycles. The summed E-state index contributed by atoms with van der Waals surface area (Å²) in [5, 5.41) is 0.591. The molecule has 1 aromatic heterocycles. The number of ether oxygens (including phenoxy) is 1. The smallest absolute Gasteiger partial charge is 0.340 e. The molecule has 0 unspecified atom stereocenters. The van der Waals surface area contributed by atoms with Crippen LogP contribution in [-0.2, 0) is 4.74 Å². The molecule has 104 valence electrons. The summed E-state index contributed by atoms with van der Waals surface area (Å²) in [5.41, 5.74) is 1.88. The van der Waals surface area contributed by atoms with Crippen molar-refractivity contribution in [3.05, 3.63) is 57.0 Å². The zero-order chi connectivity index (χ0) is 14.7. The van der Waals surface area contributed by atoms with Gasteiger partial charge in [-0.2, -0.15) is 0 Å². The lowest BCUT2D eigenvalue weighted by Crippen LogP contribution is -2.16. The standard InChI is InChI=1S/C15H14ClNO3/c1-3-20-15(19)14-9(2)17-13(18)8-12(14)10-4-6-11(16)7-5-10/h4-8H,3H2,1-2H3,(H,17,18). The van der Waals surface area contributed by atoms with Gasteiger partial charge in [0.05, 0.1) is 12.2 Å². The highest BCUT2D eigenvalue weighted by atomic mass is 35.5. The van der Waals surface area contributed by atoms with Crippen LogP contribution in [0.15, 0.2) is 35.1 Å². The molecular weight excluding hydrogens is 278 g/mol. The van der Waals surface area contributed by atoms with Gasteiger partial charge in [0.2, 0.25) is 5.56 Å². The van der Waals surface area contributed by atoms with Gasteiger partial charge in [-0.1, -0.05) is 23.7 Å². The number of halogens is 1. The van der Waals surface area contributed by atoms with Crippen LogP contribution in [0.4, 0.5) is 0 Å². The number of carbonyl (C=O) groups is 1. The molecule has 20 heavy (non-hydrogen) atoms. The van der Waals surface area contributed by atoms with Gasteiger partial charge in [0.1, 0.15) is 0 Å². The van der Waals surface area contributed by atoms with E-state index in [0.717, 1.165) is 5.56 Å². The molecule has 4 nitrogen and oxygen atoms in total. The minimum atomic E-state index is -0.453.